The number of nitrogens with zero attached hydrogens (tertiary/aromatic N) is 1. The summed E-state index contributed by atoms with van der Waals surface area (Å²) in [5.41, 5.74) is 1.43. The first-order chi connectivity index (χ1) is 7.79. The lowest BCUT2D eigenvalue weighted by atomic mass is 9.99. The van der Waals surface area contributed by atoms with Gasteiger partial charge in [0.15, 0.2) is 0 Å². The van der Waals surface area contributed by atoms with Crippen molar-refractivity contribution >= 4 is 15.9 Å². The van der Waals surface area contributed by atoms with E-state index in [-0.39, 0.29) is 0 Å². The molecule has 2 heteroatoms. The molecule has 1 heterocycles. The van der Waals surface area contributed by atoms with Gasteiger partial charge in [-0.05, 0) is 43.5 Å². The molecule has 0 aromatic heterocycles. The van der Waals surface area contributed by atoms with E-state index in [9.17, 15) is 0 Å². The maximum Gasteiger partial charge on any atom is 0.0237 e. The first-order valence-corrected chi connectivity index (χ1v) is 7.07. The fraction of sp³-hybridized carbons (Fsp3) is 0.571. The molecule has 88 valence electrons. The van der Waals surface area contributed by atoms with Crippen LogP contribution in [0.5, 0.6) is 0 Å². The molecule has 1 saturated heterocycles. The maximum atomic E-state index is 3.54. The second kappa shape index (κ2) is 5.83. The van der Waals surface area contributed by atoms with Gasteiger partial charge in [-0.25, -0.2) is 0 Å². The summed E-state index contributed by atoms with van der Waals surface area (Å²) in [4.78, 5) is 2.64. The Hall–Kier alpha value is -0.340. The molecule has 0 aliphatic carbocycles. The van der Waals surface area contributed by atoms with Crippen molar-refractivity contribution in [2.24, 2.45) is 0 Å². The van der Waals surface area contributed by atoms with Crippen LogP contribution in [0.25, 0.3) is 0 Å². The molecule has 1 aromatic carbocycles. The molecule has 1 atom stereocenters. The molecule has 1 aliphatic heterocycles. The highest BCUT2D eigenvalue weighted by atomic mass is 79.9. The largest absolute Gasteiger partial charge is 0.296 e. The SMILES string of the molecule is CCC1CCCCN1Cc1cccc(Br)c1. The van der Waals surface area contributed by atoms with Crippen LogP contribution in [0.1, 0.15) is 38.2 Å². The van der Waals surface area contributed by atoms with Crippen molar-refractivity contribution in [2.75, 3.05) is 6.54 Å². The van der Waals surface area contributed by atoms with Crippen molar-refractivity contribution in [3.05, 3.63) is 34.3 Å². The van der Waals surface area contributed by atoms with Gasteiger partial charge in [0.05, 0.1) is 0 Å². The molecule has 0 spiro atoms. The summed E-state index contributed by atoms with van der Waals surface area (Å²) < 4.78 is 1.19. The number of likely N-dealkylation sites (tertiary alicyclic amines) is 1. The Bertz CT molecular complexity index is 337. The molecule has 1 unspecified atom stereocenters. The van der Waals surface area contributed by atoms with E-state index in [1.807, 2.05) is 0 Å². The Morgan fingerprint density at radius 2 is 2.25 bits per heavy atom. The third-order valence-electron chi connectivity index (χ3n) is 3.50. The fourth-order valence-corrected chi connectivity index (χ4v) is 3.05. The van der Waals surface area contributed by atoms with Gasteiger partial charge in [0.25, 0.3) is 0 Å². The van der Waals surface area contributed by atoms with Crippen LogP contribution in [0.3, 0.4) is 0 Å². The number of hydrogen-bond donors (Lipinski definition) is 0. The standard InChI is InChI=1S/C14H20BrN/c1-2-14-8-3-4-9-16(14)11-12-6-5-7-13(15)10-12/h5-7,10,14H,2-4,8-9,11H2,1H3. The van der Waals surface area contributed by atoms with Gasteiger partial charge < -0.3 is 0 Å². The van der Waals surface area contributed by atoms with Gasteiger partial charge in [-0.1, -0.05) is 41.4 Å². The van der Waals surface area contributed by atoms with E-state index in [0.717, 1.165) is 12.6 Å². The highest BCUT2D eigenvalue weighted by molar-refractivity contribution is 9.10. The summed E-state index contributed by atoms with van der Waals surface area (Å²) in [6.07, 6.45) is 5.44. The molecular weight excluding hydrogens is 262 g/mol. The van der Waals surface area contributed by atoms with Crippen LogP contribution < -0.4 is 0 Å². The molecule has 1 fully saturated rings. The summed E-state index contributed by atoms with van der Waals surface area (Å²) >= 11 is 3.54. The number of halogens is 1. The van der Waals surface area contributed by atoms with E-state index >= 15 is 0 Å². The van der Waals surface area contributed by atoms with Gasteiger partial charge >= 0.3 is 0 Å². The predicted octanol–water partition coefficient (Wildman–Crippen LogP) is 4.21. The number of rotatable bonds is 3. The van der Waals surface area contributed by atoms with Crippen LogP contribution >= 0.6 is 15.9 Å². The zero-order valence-corrected chi connectivity index (χ0v) is 11.5. The zero-order chi connectivity index (χ0) is 11.4. The van der Waals surface area contributed by atoms with E-state index < -0.39 is 0 Å². The Labute approximate surface area is 107 Å². The summed E-state index contributed by atoms with van der Waals surface area (Å²) in [5.74, 6) is 0. The van der Waals surface area contributed by atoms with Gasteiger partial charge in [-0.3, -0.25) is 4.90 Å². The van der Waals surface area contributed by atoms with Crippen molar-refractivity contribution in [3.8, 4) is 0 Å². The smallest absolute Gasteiger partial charge is 0.0237 e. The minimum atomic E-state index is 0.799. The van der Waals surface area contributed by atoms with Crippen molar-refractivity contribution in [1.29, 1.82) is 0 Å². The first kappa shape index (κ1) is 12.1. The lowest BCUT2D eigenvalue weighted by Gasteiger charge is -2.35. The molecule has 0 N–H and O–H groups in total. The van der Waals surface area contributed by atoms with Crippen LogP contribution in [0.4, 0.5) is 0 Å². The van der Waals surface area contributed by atoms with E-state index in [4.69, 9.17) is 0 Å². The van der Waals surface area contributed by atoms with Crippen LogP contribution in [-0.2, 0) is 6.54 Å². The van der Waals surface area contributed by atoms with Gasteiger partial charge in [0.2, 0.25) is 0 Å². The molecule has 0 amide bonds. The van der Waals surface area contributed by atoms with Crippen molar-refractivity contribution in [3.63, 3.8) is 0 Å². The van der Waals surface area contributed by atoms with Crippen LogP contribution in [-0.4, -0.2) is 17.5 Å². The third-order valence-corrected chi connectivity index (χ3v) is 3.99. The average molecular weight is 282 g/mol. The molecule has 0 bridgehead atoms. The third kappa shape index (κ3) is 3.08. The molecular formula is C14H20BrN. The highest BCUT2D eigenvalue weighted by Gasteiger charge is 2.20. The second-order valence-corrected chi connectivity index (χ2v) is 5.57. The van der Waals surface area contributed by atoms with Gasteiger partial charge in [-0.15, -0.1) is 0 Å². The Morgan fingerprint density at radius 3 is 3.00 bits per heavy atom. The summed E-state index contributed by atoms with van der Waals surface area (Å²) in [6.45, 7) is 4.69. The second-order valence-electron chi connectivity index (χ2n) is 4.66. The Morgan fingerprint density at radius 1 is 1.38 bits per heavy atom. The van der Waals surface area contributed by atoms with E-state index in [0.29, 0.717) is 0 Å². The Kier molecular flexibility index (Phi) is 4.42. The minimum absolute atomic E-state index is 0.799. The Balaban J connectivity index is 2.02. The molecule has 1 aromatic rings. The average Bonchev–Trinajstić information content (AvgIpc) is 2.30. The minimum Gasteiger partial charge on any atom is -0.296 e. The lowest BCUT2D eigenvalue weighted by Crippen LogP contribution is -2.38. The number of hydrogen-bond acceptors (Lipinski definition) is 1. The summed E-state index contributed by atoms with van der Waals surface area (Å²) in [7, 11) is 0. The van der Waals surface area contributed by atoms with Crippen LogP contribution in [0.15, 0.2) is 28.7 Å². The molecule has 0 saturated carbocycles. The van der Waals surface area contributed by atoms with Gasteiger partial charge in [0, 0.05) is 17.1 Å². The maximum absolute atomic E-state index is 3.54. The normalized spacial score (nSPS) is 22.2. The predicted molar refractivity (Wildman–Crippen MR) is 72.5 cm³/mol. The van der Waals surface area contributed by atoms with Gasteiger partial charge in [0.1, 0.15) is 0 Å². The topological polar surface area (TPSA) is 3.24 Å². The van der Waals surface area contributed by atoms with E-state index in [2.05, 4.69) is 52.0 Å². The molecule has 2 rings (SSSR count). The quantitative estimate of drug-likeness (QED) is 0.802. The van der Waals surface area contributed by atoms with Crippen molar-refractivity contribution in [2.45, 2.75) is 45.2 Å². The van der Waals surface area contributed by atoms with Crippen molar-refractivity contribution < 1.29 is 0 Å². The van der Waals surface area contributed by atoms with Crippen LogP contribution in [0.2, 0.25) is 0 Å². The molecule has 0 radical (unpaired) electrons. The molecule has 16 heavy (non-hydrogen) atoms. The van der Waals surface area contributed by atoms with Gasteiger partial charge in [-0.2, -0.15) is 0 Å². The monoisotopic (exact) mass is 281 g/mol. The van der Waals surface area contributed by atoms with E-state index in [1.165, 1.54) is 42.3 Å². The lowest BCUT2D eigenvalue weighted by molar-refractivity contribution is 0.136. The number of benzene rings is 1. The number of piperidine rings is 1. The summed E-state index contributed by atoms with van der Waals surface area (Å²) in [5, 5.41) is 0. The summed E-state index contributed by atoms with van der Waals surface area (Å²) in [6, 6.07) is 9.49. The fourth-order valence-electron chi connectivity index (χ4n) is 2.60. The van der Waals surface area contributed by atoms with Crippen molar-refractivity contribution in [1.82, 2.24) is 4.90 Å². The highest BCUT2D eigenvalue weighted by Crippen LogP contribution is 2.22. The molecule has 1 nitrogen and oxygen atoms in total. The van der Waals surface area contributed by atoms with Crippen LogP contribution in [0, 0.1) is 0 Å². The molecule has 1 aliphatic rings. The first-order valence-electron chi connectivity index (χ1n) is 6.28. The zero-order valence-electron chi connectivity index (χ0n) is 9.95. The van der Waals surface area contributed by atoms with E-state index in [1.54, 1.807) is 0 Å².